The first-order valence-electron chi connectivity index (χ1n) is 11.8. The van der Waals surface area contributed by atoms with Gasteiger partial charge < -0.3 is 15.4 Å². The number of benzene rings is 1. The number of amides is 1. The standard InChI is InChI=1S/C26H26N6O2S/c1-15(13-32-7-9-34-10-8-32)20-11-21(29-14-28-20)19-4-3-17-18(31-19)5-6-22-23(17)24-25(35-22)26(33)30-16(2)12-27-24/h3-6,11,14,16,27H,1,7-10,12-13H2,2H3,(H,30,33)/t16-/m1/s1. The van der Waals surface area contributed by atoms with Crippen LogP contribution in [0.3, 0.4) is 0 Å². The SMILES string of the molecule is C=C(CN1CCOCC1)c1cc(-c2ccc3c(ccc4sc5c(c43)NC[C@@H](C)NC5=O)n2)ncn1. The Balaban J connectivity index is 1.35. The van der Waals surface area contributed by atoms with Crippen LogP contribution in [0.5, 0.6) is 0 Å². The zero-order valence-electron chi connectivity index (χ0n) is 19.5. The van der Waals surface area contributed by atoms with Gasteiger partial charge in [-0.1, -0.05) is 6.58 Å². The number of hydrogen-bond donors (Lipinski definition) is 2. The first-order valence-corrected chi connectivity index (χ1v) is 12.6. The maximum absolute atomic E-state index is 12.7. The minimum atomic E-state index is -0.0257. The van der Waals surface area contributed by atoms with E-state index in [1.54, 1.807) is 6.33 Å². The Morgan fingerprint density at radius 2 is 2.06 bits per heavy atom. The fourth-order valence-corrected chi connectivity index (χ4v) is 5.77. The second-order valence-corrected chi connectivity index (χ2v) is 10.1. The molecule has 0 unspecified atom stereocenters. The Labute approximate surface area is 207 Å². The van der Waals surface area contributed by atoms with E-state index in [4.69, 9.17) is 9.72 Å². The number of aromatic nitrogens is 3. The van der Waals surface area contributed by atoms with Crippen LogP contribution in [0.25, 0.3) is 38.0 Å². The van der Waals surface area contributed by atoms with Crippen molar-refractivity contribution in [1.29, 1.82) is 0 Å². The van der Waals surface area contributed by atoms with E-state index in [-0.39, 0.29) is 11.9 Å². The van der Waals surface area contributed by atoms with Crippen molar-refractivity contribution in [1.82, 2.24) is 25.2 Å². The second-order valence-electron chi connectivity index (χ2n) is 9.04. The molecule has 0 aliphatic carbocycles. The lowest BCUT2D eigenvalue weighted by Crippen LogP contribution is -2.37. The van der Waals surface area contributed by atoms with Crippen LogP contribution in [-0.2, 0) is 4.74 Å². The lowest BCUT2D eigenvalue weighted by Gasteiger charge is -2.27. The van der Waals surface area contributed by atoms with Crippen LogP contribution >= 0.6 is 11.3 Å². The Morgan fingerprint density at radius 1 is 1.20 bits per heavy atom. The number of pyridine rings is 1. The summed E-state index contributed by atoms with van der Waals surface area (Å²) >= 11 is 1.51. The van der Waals surface area contributed by atoms with E-state index in [0.29, 0.717) is 6.54 Å². The molecule has 3 aromatic heterocycles. The highest BCUT2D eigenvalue weighted by atomic mass is 32.1. The van der Waals surface area contributed by atoms with Crippen LogP contribution in [0.4, 0.5) is 5.69 Å². The highest BCUT2D eigenvalue weighted by Gasteiger charge is 2.25. The van der Waals surface area contributed by atoms with Crippen LogP contribution < -0.4 is 10.6 Å². The summed E-state index contributed by atoms with van der Waals surface area (Å²) in [4.78, 5) is 29.6. The molecule has 6 rings (SSSR count). The highest BCUT2D eigenvalue weighted by molar-refractivity contribution is 7.21. The highest BCUT2D eigenvalue weighted by Crippen LogP contribution is 2.41. The van der Waals surface area contributed by atoms with E-state index in [1.807, 2.05) is 31.2 Å². The summed E-state index contributed by atoms with van der Waals surface area (Å²) in [5.41, 5.74) is 5.08. The molecule has 4 aromatic rings. The number of thiophene rings is 1. The van der Waals surface area contributed by atoms with E-state index >= 15 is 0 Å². The number of ether oxygens (including phenoxy) is 1. The molecule has 8 nitrogen and oxygen atoms in total. The molecule has 0 saturated carbocycles. The van der Waals surface area contributed by atoms with Crippen molar-refractivity contribution >= 4 is 49.5 Å². The van der Waals surface area contributed by atoms with E-state index in [0.717, 1.165) is 87.1 Å². The number of nitrogens with zero attached hydrogens (tertiary/aromatic N) is 4. The van der Waals surface area contributed by atoms with Crippen LogP contribution in [0, 0.1) is 0 Å². The van der Waals surface area contributed by atoms with Crippen LogP contribution in [0.2, 0.25) is 0 Å². The van der Waals surface area contributed by atoms with Gasteiger partial charge in [0.2, 0.25) is 0 Å². The molecule has 178 valence electrons. The third-order valence-corrected chi connectivity index (χ3v) is 7.65. The van der Waals surface area contributed by atoms with Gasteiger partial charge in [0.05, 0.1) is 41.5 Å². The summed E-state index contributed by atoms with van der Waals surface area (Å²) < 4.78 is 6.51. The summed E-state index contributed by atoms with van der Waals surface area (Å²) in [5.74, 6) is -0.0257. The van der Waals surface area contributed by atoms with Gasteiger partial charge in [0.25, 0.3) is 5.91 Å². The van der Waals surface area contributed by atoms with Gasteiger partial charge in [-0.2, -0.15) is 0 Å². The van der Waals surface area contributed by atoms with E-state index in [2.05, 4.69) is 38.1 Å². The topological polar surface area (TPSA) is 92.3 Å². The smallest absolute Gasteiger partial charge is 0.263 e. The zero-order chi connectivity index (χ0) is 23.9. The Morgan fingerprint density at radius 3 is 2.91 bits per heavy atom. The van der Waals surface area contributed by atoms with Crippen molar-refractivity contribution in [2.75, 3.05) is 44.7 Å². The molecule has 9 heteroatoms. The van der Waals surface area contributed by atoms with Crippen molar-refractivity contribution in [2.24, 2.45) is 0 Å². The average Bonchev–Trinajstić information content (AvgIpc) is 3.20. The molecule has 0 bridgehead atoms. The molecule has 5 heterocycles. The van der Waals surface area contributed by atoms with E-state index in [9.17, 15) is 4.79 Å². The molecule has 1 fully saturated rings. The molecule has 0 radical (unpaired) electrons. The predicted octanol–water partition coefficient (Wildman–Crippen LogP) is 3.80. The molecule has 2 N–H and O–H groups in total. The number of morpholine rings is 1. The third-order valence-electron chi connectivity index (χ3n) is 6.50. The van der Waals surface area contributed by atoms with Gasteiger partial charge in [0.1, 0.15) is 11.2 Å². The first-order chi connectivity index (χ1) is 17.1. The Kier molecular flexibility index (Phi) is 5.68. The fourth-order valence-electron chi connectivity index (χ4n) is 4.67. The normalized spacial score (nSPS) is 18.7. The first kappa shape index (κ1) is 22.1. The molecule has 1 amide bonds. The summed E-state index contributed by atoms with van der Waals surface area (Å²) in [6, 6.07) is 10.1. The van der Waals surface area contributed by atoms with Crippen molar-refractivity contribution in [2.45, 2.75) is 13.0 Å². The molecule has 35 heavy (non-hydrogen) atoms. The van der Waals surface area contributed by atoms with Gasteiger partial charge in [-0.05, 0) is 42.8 Å². The van der Waals surface area contributed by atoms with Crippen molar-refractivity contribution in [3.8, 4) is 11.4 Å². The molecular weight excluding hydrogens is 460 g/mol. The largest absolute Gasteiger partial charge is 0.381 e. The van der Waals surface area contributed by atoms with Crippen molar-refractivity contribution in [3.05, 3.63) is 53.8 Å². The van der Waals surface area contributed by atoms with Gasteiger partial charge in [-0.15, -0.1) is 11.3 Å². The zero-order valence-corrected chi connectivity index (χ0v) is 20.3. The molecule has 1 atom stereocenters. The van der Waals surface area contributed by atoms with E-state index in [1.165, 1.54) is 11.3 Å². The number of nitrogens with one attached hydrogen (secondary N) is 2. The maximum Gasteiger partial charge on any atom is 0.263 e. The maximum atomic E-state index is 12.7. The predicted molar refractivity (Wildman–Crippen MR) is 140 cm³/mol. The summed E-state index contributed by atoms with van der Waals surface area (Å²) in [7, 11) is 0. The molecular formula is C26H26N6O2S. The third kappa shape index (κ3) is 4.16. The number of anilines is 1. The number of carbonyl (C=O) groups excluding carboxylic acids is 1. The molecule has 0 spiro atoms. The lowest BCUT2D eigenvalue weighted by atomic mass is 10.1. The number of fused-ring (bicyclic) bond motifs is 5. The minimum absolute atomic E-state index is 0.0257. The summed E-state index contributed by atoms with van der Waals surface area (Å²) in [5, 5.41) is 8.58. The Bertz CT molecular complexity index is 1460. The van der Waals surface area contributed by atoms with Crippen LogP contribution in [0.1, 0.15) is 22.3 Å². The van der Waals surface area contributed by atoms with Gasteiger partial charge in [0, 0.05) is 47.7 Å². The van der Waals surface area contributed by atoms with Gasteiger partial charge in [-0.25, -0.2) is 15.0 Å². The van der Waals surface area contributed by atoms with Gasteiger partial charge in [0.15, 0.2) is 0 Å². The minimum Gasteiger partial charge on any atom is -0.381 e. The molecule has 2 aliphatic rings. The van der Waals surface area contributed by atoms with Crippen molar-refractivity contribution in [3.63, 3.8) is 0 Å². The number of hydrogen-bond acceptors (Lipinski definition) is 8. The monoisotopic (exact) mass is 486 g/mol. The molecule has 2 aliphatic heterocycles. The van der Waals surface area contributed by atoms with Crippen LogP contribution in [-0.4, -0.2) is 71.2 Å². The second kappa shape index (κ2) is 8.99. The van der Waals surface area contributed by atoms with Gasteiger partial charge >= 0.3 is 0 Å². The number of rotatable bonds is 4. The van der Waals surface area contributed by atoms with Crippen molar-refractivity contribution < 1.29 is 9.53 Å². The average molecular weight is 487 g/mol. The van der Waals surface area contributed by atoms with Gasteiger partial charge in [-0.3, -0.25) is 9.69 Å². The molecule has 1 saturated heterocycles. The Hall–Kier alpha value is -3.40. The quantitative estimate of drug-likeness (QED) is 0.453. The van der Waals surface area contributed by atoms with Crippen LogP contribution in [0.15, 0.2) is 43.2 Å². The molecule has 1 aromatic carbocycles. The summed E-state index contributed by atoms with van der Waals surface area (Å²) in [6.45, 7) is 11.0. The summed E-state index contributed by atoms with van der Waals surface area (Å²) in [6.07, 6.45) is 1.58. The number of carbonyl (C=O) groups is 1. The van der Waals surface area contributed by atoms with E-state index < -0.39 is 0 Å². The fraction of sp³-hybridized carbons (Fsp3) is 0.308. The lowest BCUT2D eigenvalue weighted by molar-refractivity contribution is 0.0444.